The molecule has 0 saturated carbocycles. The van der Waals surface area contributed by atoms with Crippen molar-refractivity contribution in [3.63, 3.8) is 0 Å². The first-order valence-corrected chi connectivity index (χ1v) is 5.37. The predicted octanol–water partition coefficient (Wildman–Crippen LogP) is 3.52. The quantitative estimate of drug-likeness (QED) is 0.859. The van der Waals surface area contributed by atoms with Gasteiger partial charge in [0.1, 0.15) is 0 Å². The molecule has 0 bridgehead atoms. The van der Waals surface area contributed by atoms with E-state index in [2.05, 4.69) is 9.97 Å². The first-order valence-electron chi connectivity index (χ1n) is 4.99. The van der Waals surface area contributed by atoms with Crippen molar-refractivity contribution < 1.29 is 17.9 Å². The molecule has 0 aliphatic rings. The average molecular weight is 290 g/mol. The predicted molar refractivity (Wildman–Crippen MR) is 63.0 cm³/mol. The zero-order valence-electron chi connectivity index (χ0n) is 9.28. The second-order valence-electron chi connectivity index (χ2n) is 3.51. The van der Waals surface area contributed by atoms with Crippen LogP contribution in [0.15, 0.2) is 30.5 Å². The van der Waals surface area contributed by atoms with Crippen LogP contribution in [0.1, 0.15) is 5.69 Å². The fourth-order valence-electron chi connectivity index (χ4n) is 1.24. The second-order valence-corrected chi connectivity index (χ2v) is 3.94. The molecule has 0 aliphatic carbocycles. The molecule has 0 spiro atoms. The lowest BCUT2D eigenvalue weighted by atomic mass is 10.3. The monoisotopic (exact) mass is 289 g/mol. The Morgan fingerprint density at radius 1 is 1.21 bits per heavy atom. The fraction of sp³-hybridized carbons (Fsp3) is 0.0909. The van der Waals surface area contributed by atoms with Crippen LogP contribution in [0.25, 0.3) is 0 Å². The topological polar surface area (TPSA) is 61.0 Å². The Balaban J connectivity index is 2.31. The average Bonchev–Trinajstić information content (AvgIpc) is 2.33. The van der Waals surface area contributed by atoms with E-state index in [9.17, 15) is 13.2 Å². The van der Waals surface area contributed by atoms with Crippen molar-refractivity contribution in [1.82, 2.24) is 9.97 Å². The minimum Gasteiger partial charge on any atom is -0.422 e. The summed E-state index contributed by atoms with van der Waals surface area (Å²) in [5, 5.41) is 0.330. The summed E-state index contributed by atoms with van der Waals surface area (Å²) < 4.78 is 42.5. The Hall–Kier alpha value is -2.02. The van der Waals surface area contributed by atoms with Crippen molar-refractivity contribution >= 4 is 17.3 Å². The number of benzene rings is 1. The Morgan fingerprint density at radius 3 is 2.63 bits per heavy atom. The van der Waals surface area contributed by atoms with E-state index in [0.29, 0.717) is 5.02 Å². The second kappa shape index (κ2) is 4.93. The van der Waals surface area contributed by atoms with Gasteiger partial charge >= 0.3 is 12.2 Å². The number of nitrogen functional groups attached to an aromatic ring is 1. The Morgan fingerprint density at radius 2 is 1.95 bits per heavy atom. The Kier molecular flexibility index (Phi) is 3.48. The number of ether oxygens (including phenoxy) is 1. The number of anilines is 1. The minimum absolute atomic E-state index is 0.0897. The molecule has 0 amide bonds. The highest BCUT2D eigenvalue weighted by molar-refractivity contribution is 6.30. The van der Waals surface area contributed by atoms with Crippen LogP contribution in [0.4, 0.5) is 18.9 Å². The smallest absolute Gasteiger partial charge is 0.422 e. The summed E-state index contributed by atoms with van der Waals surface area (Å²) in [5.74, 6) is 0.0897. The highest BCUT2D eigenvalue weighted by atomic mass is 35.5. The number of halogens is 4. The molecule has 2 aromatic rings. The van der Waals surface area contributed by atoms with Gasteiger partial charge < -0.3 is 10.5 Å². The van der Waals surface area contributed by atoms with E-state index >= 15 is 0 Å². The van der Waals surface area contributed by atoms with Crippen LogP contribution in [-0.2, 0) is 6.18 Å². The van der Waals surface area contributed by atoms with E-state index in [4.69, 9.17) is 22.1 Å². The Bertz CT molecular complexity index is 604. The van der Waals surface area contributed by atoms with Gasteiger partial charge in [-0.3, -0.25) is 0 Å². The van der Waals surface area contributed by atoms with Gasteiger partial charge in [0.25, 0.3) is 0 Å². The van der Waals surface area contributed by atoms with Gasteiger partial charge in [0.2, 0.25) is 0 Å². The molecular weight excluding hydrogens is 283 g/mol. The van der Waals surface area contributed by atoms with Crippen molar-refractivity contribution in [2.24, 2.45) is 0 Å². The molecule has 1 aromatic carbocycles. The van der Waals surface area contributed by atoms with Gasteiger partial charge in [-0.05, 0) is 18.2 Å². The van der Waals surface area contributed by atoms with E-state index in [1.807, 2.05) is 0 Å². The van der Waals surface area contributed by atoms with Gasteiger partial charge in [-0.2, -0.15) is 18.2 Å². The normalized spacial score (nSPS) is 11.4. The van der Waals surface area contributed by atoms with E-state index in [1.165, 1.54) is 18.2 Å². The molecule has 2 rings (SSSR count). The van der Waals surface area contributed by atoms with E-state index < -0.39 is 17.9 Å². The molecule has 0 fully saturated rings. The minimum atomic E-state index is -4.57. The molecule has 1 heterocycles. The number of nitrogens with two attached hydrogens (primary N) is 1. The molecule has 19 heavy (non-hydrogen) atoms. The first-order chi connectivity index (χ1) is 8.86. The lowest BCUT2D eigenvalue weighted by molar-refractivity contribution is -0.141. The SMILES string of the molecule is Nc1ccc(Cl)cc1Oc1nccc(C(F)(F)F)n1. The number of nitrogens with zero attached hydrogens (tertiary/aromatic N) is 2. The van der Waals surface area contributed by atoms with Crippen LogP contribution in [0.3, 0.4) is 0 Å². The number of rotatable bonds is 2. The summed E-state index contributed by atoms with van der Waals surface area (Å²) in [5.41, 5.74) is 4.71. The molecule has 8 heteroatoms. The van der Waals surface area contributed by atoms with Gasteiger partial charge in [0, 0.05) is 17.3 Å². The third-order valence-corrected chi connectivity index (χ3v) is 2.34. The van der Waals surface area contributed by atoms with Gasteiger partial charge in [0.05, 0.1) is 5.69 Å². The van der Waals surface area contributed by atoms with Crippen LogP contribution in [0, 0.1) is 0 Å². The Labute approximate surface area is 111 Å². The standard InChI is InChI=1S/C11H7ClF3N3O/c12-6-1-2-7(16)8(5-6)19-10-17-4-3-9(18-10)11(13,14)15/h1-5H,16H2. The van der Waals surface area contributed by atoms with Crippen LogP contribution >= 0.6 is 11.6 Å². The lowest BCUT2D eigenvalue weighted by Crippen LogP contribution is -2.09. The zero-order chi connectivity index (χ0) is 14.0. The molecule has 100 valence electrons. The molecule has 0 aliphatic heterocycles. The third kappa shape index (κ3) is 3.25. The van der Waals surface area contributed by atoms with E-state index in [1.54, 1.807) is 0 Å². The molecule has 4 nitrogen and oxygen atoms in total. The van der Waals surface area contributed by atoms with Crippen LogP contribution in [0.5, 0.6) is 11.8 Å². The number of aromatic nitrogens is 2. The maximum atomic E-state index is 12.5. The van der Waals surface area contributed by atoms with Crippen LogP contribution in [-0.4, -0.2) is 9.97 Å². The number of hydrogen-bond acceptors (Lipinski definition) is 4. The summed E-state index contributed by atoms with van der Waals surface area (Å²) >= 11 is 5.73. The largest absolute Gasteiger partial charge is 0.433 e. The molecular formula is C11H7ClF3N3O. The molecule has 0 atom stereocenters. The van der Waals surface area contributed by atoms with Crippen molar-refractivity contribution in [2.45, 2.75) is 6.18 Å². The van der Waals surface area contributed by atoms with Crippen molar-refractivity contribution in [3.8, 4) is 11.8 Å². The lowest BCUT2D eigenvalue weighted by Gasteiger charge is -2.09. The first kappa shape index (κ1) is 13.4. The van der Waals surface area contributed by atoms with Crippen molar-refractivity contribution in [3.05, 3.63) is 41.2 Å². The van der Waals surface area contributed by atoms with Gasteiger partial charge in [-0.1, -0.05) is 11.6 Å². The maximum Gasteiger partial charge on any atom is 0.433 e. The summed E-state index contributed by atoms with van der Waals surface area (Å²) in [4.78, 5) is 6.84. The third-order valence-electron chi connectivity index (χ3n) is 2.10. The van der Waals surface area contributed by atoms with Crippen LogP contribution in [0.2, 0.25) is 5.02 Å². The molecule has 0 radical (unpaired) electrons. The highest BCUT2D eigenvalue weighted by Gasteiger charge is 2.33. The number of hydrogen-bond donors (Lipinski definition) is 1. The summed E-state index contributed by atoms with van der Waals surface area (Å²) in [6.45, 7) is 0. The van der Waals surface area contributed by atoms with Gasteiger partial charge in [-0.15, -0.1) is 0 Å². The molecule has 2 N–H and O–H groups in total. The number of alkyl halides is 3. The summed E-state index contributed by atoms with van der Waals surface area (Å²) in [6, 6.07) is 4.64. The fourth-order valence-corrected chi connectivity index (χ4v) is 1.40. The molecule has 0 unspecified atom stereocenters. The van der Waals surface area contributed by atoms with Gasteiger partial charge in [-0.25, -0.2) is 4.98 Å². The zero-order valence-corrected chi connectivity index (χ0v) is 10.0. The van der Waals surface area contributed by atoms with E-state index in [-0.39, 0.29) is 11.4 Å². The highest BCUT2D eigenvalue weighted by Crippen LogP contribution is 2.31. The van der Waals surface area contributed by atoms with Crippen LogP contribution < -0.4 is 10.5 Å². The van der Waals surface area contributed by atoms with E-state index in [0.717, 1.165) is 12.3 Å². The van der Waals surface area contributed by atoms with Gasteiger partial charge in [0.15, 0.2) is 11.4 Å². The molecule has 1 aromatic heterocycles. The summed E-state index contributed by atoms with van der Waals surface area (Å²) in [7, 11) is 0. The molecule has 0 saturated heterocycles. The van der Waals surface area contributed by atoms with Crippen molar-refractivity contribution in [1.29, 1.82) is 0 Å². The van der Waals surface area contributed by atoms with Crippen molar-refractivity contribution in [2.75, 3.05) is 5.73 Å². The maximum absolute atomic E-state index is 12.5. The summed E-state index contributed by atoms with van der Waals surface area (Å²) in [6.07, 6.45) is -3.62.